The van der Waals surface area contributed by atoms with Crippen molar-refractivity contribution in [2.75, 3.05) is 6.61 Å². The maximum Gasteiger partial charge on any atom is 0.173 e. The van der Waals surface area contributed by atoms with Crippen LogP contribution in [0.25, 0.3) is 0 Å². The van der Waals surface area contributed by atoms with E-state index in [0.29, 0.717) is 0 Å². The molecule has 5 N–H and O–H groups in total. The quantitative estimate of drug-likeness (QED) is 0.384. The van der Waals surface area contributed by atoms with Crippen LogP contribution in [0, 0.1) is 0 Å². The Kier molecular flexibility index (Phi) is 6.31. The molecule has 0 amide bonds. The Morgan fingerprint density at radius 3 is 2.50 bits per heavy atom. The molecular weight excluding hydrogens is 184 g/mol. The van der Waals surface area contributed by atoms with Crippen molar-refractivity contribution in [1.29, 1.82) is 0 Å². The number of aliphatic hydroxyl groups is 1. The Hall–Kier alpha value is -0.750. The number of hydrogen-bond acceptors (Lipinski definition) is 5. The topological polar surface area (TPSA) is 98.6 Å². The van der Waals surface area contributed by atoms with Gasteiger partial charge in [0.1, 0.15) is 6.61 Å². The van der Waals surface area contributed by atoms with Gasteiger partial charge in [-0.1, -0.05) is 12.2 Å². The molecule has 0 aliphatic rings. The zero-order valence-electron chi connectivity index (χ0n) is 8.51. The predicted octanol–water partition coefficient (Wildman–Crippen LogP) is -0.859. The van der Waals surface area contributed by atoms with Gasteiger partial charge in [-0.25, -0.2) is 0 Å². The summed E-state index contributed by atoms with van der Waals surface area (Å²) in [7, 11) is 0. The molecule has 0 heterocycles. The van der Waals surface area contributed by atoms with Gasteiger partial charge in [-0.3, -0.25) is 4.79 Å². The Bertz CT molecular complexity index is 204. The smallest absolute Gasteiger partial charge is 0.173 e. The van der Waals surface area contributed by atoms with E-state index in [1.165, 1.54) is 6.92 Å². The van der Waals surface area contributed by atoms with E-state index in [0.717, 1.165) is 0 Å². The third-order valence-electron chi connectivity index (χ3n) is 1.42. The standard InChI is InChI=1S/C9H18N2O3/c1-6(10)3-4-8(11)9(13)14-5-7(2)12/h3-4,6,8-9,13H,5,10-11H2,1-2H3/b4-3-. The lowest BCUT2D eigenvalue weighted by Crippen LogP contribution is -2.36. The second-order valence-corrected chi connectivity index (χ2v) is 3.22. The lowest BCUT2D eigenvalue weighted by atomic mass is 10.2. The molecule has 82 valence electrons. The summed E-state index contributed by atoms with van der Waals surface area (Å²) in [5.74, 6) is -0.160. The maximum atomic E-state index is 10.5. The number of carbonyl (C=O) groups excluding carboxylic acids is 1. The van der Waals surface area contributed by atoms with Crippen LogP contribution in [0.2, 0.25) is 0 Å². The summed E-state index contributed by atoms with van der Waals surface area (Å²) in [4.78, 5) is 10.5. The van der Waals surface area contributed by atoms with Crippen LogP contribution in [0.3, 0.4) is 0 Å². The van der Waals surface area contributed by atoms with Gasteiger partial charge in [0, 0.05) is 6.04 Å². The first-order valence-electron chi connectivity index (χ1n) is 4.42. The first-order valence-corrected chi connectivity index (χ1v) is 4.42. The first kappa shape index (κ1) is 13.2. The fourth-order valence-corrected chi connectivity index (χ4v) is 0.712. The lowest BCUT2D eigenvalue weighted by molar-refractivity contribution is -0.138. The molecule has 0 radical (unpaired) electrons. The molecule has 0 rings (SSSR count). The molecule has 0 saturated carbocycles. The van der Waals surface area contributed by atoms with E-state index in [2.05, 4.69) is 0 Å². The minimum absolute atomic E-state index is 0.124. The molecular formula is C9H18N2O3. The van der Waals surface area contributed by atoms with Gasteiger partial charge in [0.05, 0.1) is 6.04 Å². The molecule has 5 nitrogen and oxygen atoms in total. The highest BCUT2D eigenvalue weighted by molar-refractivity contribution is 5.76. The molecule has 0 aromatic rings. The van der Waals surface area contributed by atoms with Gasteiger partial charge in [0.2, 0.25) is 0 Å². The largest absolute Gasteiger partial charge is 0.366 e. The zero-order chi connectivity index (χ0) is 11.1. The molecule has 0 saturated heterocycles. The number of aliphatic hydroxyl groups excluding tert-OH is 1. The van der Waals surface area contributed by atoms with Gasteiger partial charge >= 0.3 is 0 Å². The normalized spacial score (nSPS) is 18.1. The molecule has 14 heavy (non-hydrogen) atoms. The van der Waals surface area contributed by atoms with Crippen LogP contribution in [0.4, 0.5) is 0 Å². The summed E-state index contributed by atoms with van der Waals surface area (Å²) in [6.07, 6.45) is 2.04. The second-order valence-electron chi connectivity index (χ2n) is 3.22. The molecule has 0 aliphatic carbocycles. The zero-order valence-corrected chi connectivity index (χ0v) is 8.51. The predicted molar refractivity (Wildman–Crippen MR) is 53.4 cm³/mol. The van der Waals surface area contributed by atoms with Crippen LogP contribution < -0.4 is 11.5 Å². The Morgan fingerprint density at radius 1 is 1.50 bits per heavy atom. The number of Topliss-reactive ketones (excluding diaryl/α,β-unsaturated/α-hetero) is 1. The van der Waals surface area contributed by atoms with Gasteiger partial charge in [0.15, 0.2) is 12.1 Å². The number of hydrogen-bond donors (Lipinski definition) is 3. The lowest BCUT2D eigenvalue weighted by Gasteiger charge is -2.15. The Morgan fingerprint density at radius 2 is 2.07 bits per heavy atom. The van der Waals surface area contributed by atoms with E-state index < -0.39 is 12.3 Å². The summed E-state index contributed by atoms with van der Waals surface area (Å²) in [6, 6.07) is -0.790. The highest BCUT2D eigenvalue weighted by Gasteiger charge is 2.12. The van der Waals surface area contributed by atoms with Gasteiger partial charge in [0.25, 0.3) is 0 Å². The molecule has 0 aliphatic heterocycles. The van der Waals surface area contributed by atoms with E-state index >= 15 is 0 Å². The summed E-state index contributed by atoms with van der Waals surface area (Å²) < 4.78 is 4.79. The summed E-state index contributed by atoms with van der Waals surface area (Å²) in [6.45, 7) is 3.02. The first-order chi connectivity index (χ1) is 6.43. The van der Waals surface area contributed by atoms with Crippen LogP contribution in [-0.4, -0.2) is 35.9 Å². The van der Waals surface area contributed by atoms with Crippen LogP contribution >= 0.6 is 0 Å². The molecule has 0 fully saturated rings. The average molecular weight is 202 g/mol. The van der Waals surface area contributed by atoms with Crippen molar-refractivity contribution in [2.24, 2.45) is 11.5 Å². The Labute approximate surface area is 83.7 Å². The molecule has 0 aromatic carbocycles. The van der Waals surface area contributed by atoms with E-state index in [-0.39, 0.29) is 18.4 Å². The SMILES string of the molecule is CC(=O)COC(O)C(N)/C=C\C(C)N. The van der Waals surface area contributed by atoms with Crippen molar-refractivity contribution >= 4 is 5.78 Å². The molecule has 0 spiro atoms. The van der Waals surface area contributed by atoms with E-state index in [4.69, 9.17) is 16.2 Å². The van der Waals surface area contributed by atoms with E-state index in [1.807, 2.05) is 0 Å². The molecule has 3 atom stereocenters. The third-order valence-corrected chi connectivity index (χ3v) is 1.42. The van der Waals surface area contributed by atoms with Gasteiger partial charge < -0.3 is 21.3 Å². The number of carbonyl (C=O) groups is 1. The van der Waals surface area contributed by atoms with Crippen LogP contribution in [0.1, 0.15) is 13.8 Å². The average Bonchev–Trinajstić information content (AvgIpc) is 2.09. The fourth-order valence-electron chi connectivity index (χ4n) is 0.712. The molecule has 5 heteroatoms. The van der Waals surface area contributed by atoms with E-state index in [9.17, 15) is 9.90 Å². The van der Waals surface area contributed by atoms with Gasteiger partial charge in [-0.2, -0.15) is 0 Å². The van der Waals surface area contributed by atoms with E-state index in [1.54, 1.807) is 19.1 Å². The van der Waals surface area contributed by atoms with Crippen molar-refractivity contribution in [1.82, 2.24) is 0 Å². The fraction of sp³-hybridized carbons (Fsp3) is 0.667. The van der Waals surface area contributed by atoms with Gasteiger partial charge in [-0.05, 0) is 13.8 Å². The maximum absolute atomic E-state index is 10.5. The van der Waals surface area contributed by atoms with Gasteiger partial charge in [-0.15, -0.1) is 0 Å². The second kappa shape index (κ2) is 6.67. The van der Waals surface area contributed by atoms with Crippen molar-refractivity contribution < 1.29 is 14.6 Å². The number of rotatable bonds is 6. The highest BCUT2D eigenvalue weighted by atomic mass is 16.6. The Balaban J connectivity index is 3.86. The highest BCUT2D eigenvalue weighted by Crippen LogP contribution is 1.96. The summed E-state index contributed by atoms with van der Waals surface area (Å²) in [5, 5.41) is 9.29. The minimum atomic E-state index is -1.17. The summed E-state index contributed by atoms with van der Waals surface area (Å²) >= 11 is 0. The monoisotopic (exact) mass is 202 g/mol. The molecule has 0 bridgehead atoms. The third kappa shape index (κ3) is 6.73. The minimum Gasteiger partial charge on any atom is -0.366 e. The van der Waals surface area contributed by atoms with Crippen molar-refractivity contribution in [3.05, 3.63) is 12.2 Å². The van der Waals surface area contributed by atoms with Crippen molar-refractivity contribution in [2.45, 2.75) is 32.2 Å². The van der Waals surface area contributed by atoms with Crippen molar-refractivity contribution in [3.63, 3.8) is 0 Å². The van der Waals surface area contributed by atoms with Crippen LogP contribution in [0.5, 0.6) is 0 Å². The molecule has 0 aromatic heterocycles. The number of ketones is 1. The number of ether oxygens (including phenoxy) is 1. The summed E-state index contributed by atoms with van der Waals surface area (Å²) in [5.41, 5.74) is 11.0. The van der Waals surface area contributed by atoms with Crippen LogP contribution in [-0.2, 0) is 9.53 Å². The number of nitrogens with two attached hydrogens (primary N) is 2. The van der Waals surface area contributed by atoms with Crippen molar-refractivity contribution in [3.8, 4) is 0 Å². The van der Waals surface area contributed by atoms with Crippen LogP contribution in [0.15, 0.2) is 12.2 Å². The molecule has 3 unspecified atom stereocenters.